The molecule has 0 radical (unpaired) electrons. The van der Waals surface area contributed by atoms with E-state index in [2.05, 4.69) is 38.8 Å². The Morgan fingerprint density at radius 3 is 1.90 bits per heavy atom. The van der Waals surface area contributed by atoms with E-state index in [9.17, 15) is 0 Å². The molecule has 0 aliphatic carbocycles. The summed E-state index contributed by atoms with van der Waals surface area (Å²) in [5, 5.41) is 0. The van der Waals surface area contributed by atoms with Crippen LogP contribution in [0.15, 0.2) is 11.8 Å². The van der Waals surface area contributed by atoms with Gasteiger partial charge in [0.15, 0.2) is 0 Å². The molecule has 0 unspecified atom stereocenters. The van der Waals surface area contributed by atoms with E-state index in [4.69, 9.17) is 0 Å². The molecule has 0 saturated carbocycles. The fourth-order valence-corrected chi connectivity index (χ4v) is 0.470. The van der Waals surface area contributed by atoms with Gasteiger partial charge in [-0.2, -0.15) is 0 Å². The first-order chi connectivity index (χ1) is 4.72. The van der Waals surface area contributed by atoms with Crippen LogP contribution in [0.1, 0.15) is 34.6 Å². The zero-order chi connectivity index (χ0) is 8.57. The molecule has 0 aromatic rings. The SMILES string of the molecule is C/C=C(/C)N(C)CC.CC. The quantitative estimate of drug-likeness (QED) is 0.574. The van der Waals surface area contributed by atoms with E-state index in [1.54, 1.807) is 0 Å². The third-order valence-corrected chi connectivity index (χ3v) is 1.49. The van der Waals surface area contributed by atoms with Crippen molar-refractivity contribution < 1.29 is 0 Å². The summed E-state index contributed by atoms with van der Waals surface area (Å²) in [6, 6.07) is 0. The molecule has 10 heavy (non-hydrogen) atoms. The second-order valence-electron chi connectivity index (χ2n) is 1.94. The lowest BCUT2D eigenvalue weighted by molar-refractivity contribution is 0.442. The minimum absolute atomic E-state index is 1.09. The summed E-state index contributed by atoms with van der Waals surface area (Å²) < 4.78 is 0. The minimum Gasteiger partial charge on any atom is -0.379 e. The average molecular weight is 143 g/mol. The molecule has 0 amide bonds. The largest absolute Gasteiger partial charge is 0.379 e. The average Bonchev–Trinajstić information content (AvgIpc) is 2.05. The van der Waals surface area contributed by atoms with Crippen LogP contribution in [0.4, 0.5) is 0 Å². The van der Waals surface area contributed by atoms with Crippen molar-refractivity contribution in [3.05, 3.63) is 11.8 Å². The highest BCUT2D eigenvalue weighted by Gasteiger charge is 1.89. The maximum atomic E-state index is 2.21. The van der Waals surface area contributed by atoms with Crippen LogP contribution in [0.2, 0.25) is 0 Å². The van der Waals surface area contributed by atoms with Gasteiger partial charge in [-0.05, 0) is 20.8 Å². The van der Waals surface area contributed by atoms with Crippen LogP contribution in [0.3, 0.4) is 0 Å². The summed E-state index contributed by atoms with van der Waals surface area (Å²) in [4.78, 5) is 2.21. The van der Waals surface area contributed by atoms with Gasteiger partial charge < -0.3 is 4.90 Å². The van der Waals surface area contributed by atoms with Crippen LogP contribution < -0.4 is 0 Å². The molecule has 0 aromatic heterocycles. The molecule has 62 valence electrons. The summed E-state index contributed by atoms with van der Waals surface area (Å²) in [5.74, 6) is 0. The normalized spacial score (nSPS) is 10.0. The summed E-state index contributed by atoms with van der Waals surface area (Å²) in [5.41, 5.74) is 1.34. The number of allylic oxidation sites excluding steroid dienone is 2. The van der Waals surface area contributed by atoms with E-state index in [-0.39, 0.29) is 0 Å². The van der Waals surface area contributed by atoms with Gasteiger partial charge in [-0.15, -0.1) is 0 Å². The first-order valence-electron chi connectivity index (χ1n) is 4.06. The van der Waals surface area contributed by atoms with Gasteiger partial charge in [-0.25, -0.2) is 0 Å². The predicted molar refractivity (Wildman–Crippen MR) is 49.1 cm³/mol. The third kappa shape index (κ3) is 5.67. The summed E-state index contributed by atoms with van der Waals surface area (Å²) in [6.45, 7) is 11.4. The van der Waals surface area contributed by atoms with E-state index in [1.807, 2.05) is 13.8 Å². The third-order valence-electron chi connectivity index (χ3n) is 1.49. The van der Waals surface area contributed by atoms with Crippen LogP contribution in [0.5, 0.6) is 0 Å². The second-order valence-corrected chi connectivity index (χ2v) is 1.94. The van der Waals surface area contributed by atoms with Crippen molar-refractivity contribution in [1.82, 2.24) is 4.90 Å². The summed E-state index contributed by atoms with van der Waals surface area (Å²) >= 11 is 0. The molecule has 0 aliphatic rings. The smallest absolute Gasteiger partial charge is 0.0143 e. The highest BCUT2D eigenvalue weighted by atomic mass is 15.1. The van der Waals surface area contributed by atoms with Crippen LogP contribution in [0.25, 0.3) is 0 Å². The predicted octanol–water partition coefficient (Wildman–Crippen LogP) is 2.89. The van der Waals surface area contributed by atoms with E-state index < -0.39 is 0 Å². The first-order valence-corrected chi connectivity index (χ1v) is 4.06. The molecule has 0 bridgehead atoms. The van der Waals surface area contributed by atoms with Crippen molar-refractivity contribution in [3.63, 3.8) is 0 Å². The van der Waals surface area contributed by atoms with Crippen molar-refractivity contribution in [1.29, 1.82) is 0 Å². The van der Waals surface area contributed by atoms with Gasteiger partial charge in [0.25, 0.3) is 0 Å². The Balaban J connectivity index is 0. The van der Waals surface area contributed by atoms with E-state index in [0.29, 0.717) is 0 Å². The van der Waals surface area contributed by atoms with Crippen molar-refractivity contribution in [2.75, 3.05) is 13.6 Å². The Kier molecular flexibility index (Phi) is 10.5. The lowest BCUT2D eigenvalue weighted by Gasteiger charge is -2.15. The van der Waals surface area contributed by atoms with Gasteiger partial charge in [0, 0.05) is 19.3 Å². The molecule has 1 nitrogen and oxygen atoms in total. The van der Waals surface area contributed by atoms with Gasteiger partial charge in [-0.1, -0.05) is 19.9 Å². The van der Waals surface area contributed by atoms with Crippen LogP contribution >= 0.6 is 0 Å². The van der Waals surface area contributed by atoms with Crippen LogP contribution in [0, 0.1) is 0 Å². The molecule has 0 N–H and O–H groups in total. The molecule has 0 saturated heterocycles. The Morgan fingerprint density at radius 1 is 1.40 bits per heavy atom. The molecule has 0 rings (SSSR count). The summed E-state index contributed by atoms with van der Waals surface area (Å²) in [7, 11) is 2.09. The zero-order valence-electron chi connectivity index (χ0n) is 8.23. The standard InChI is InChI=1S/C7H15N.C2H6/c1-5-7(3)8(4)6-2;1-2/h5H,6H2,1-4H3;1-2H3/b7-5-;. The number of rotatable bonds is 2. The molecular weight excluding hydrogens is 122 g/mol. The Labute approximate surface area is 65.7 Å². The Morgan fingerprint density at radius 2 is 1.80 bits per heavy atom. The fourth-order valence-electron chi connectivity index (χ4n) is 0.470. The lowest BCUT2D eigenvalue weighted by Crippen LogP contribution is -2.14. The molecular formula is C9H21N. The topological polar surface area (TPSA) is 3.24 Å². The number of hydrogen-bond donors (Lipinski definition) is 0. The second kappa shape index (κ2) is 8.54. The van der Waals surface area contributed by atoms with Gasteiger partial charge in [0.1, 0.15) is 0 Å². The van der Waals surface area contributed by atoms with Gasteiger partial charge in [0.2, 0.25) is 0 Å². The molecule has 0 aromatic carbocycles. The van der Waals surface area contributed by atoms with Crippen molar-refractivity contribution in [2.45, 2.75) is 34.6 Å². The van der Waals surface area contributed by atoms with E-state index in [0.717, 1.165) is 6.54 Å². The van der Waals surface area contributed by atoms with Crippen LogP contribution in [-0.4, -0.2) is 18.5 Å². The molecule has 0 atom stereocenters. The Hall–Kier alpha value is -0.460. The van der Waals surface area contributed by atoms with Crippen molar-refractivity contribution >= 4 is 0 Å². The summed E-state index contributed by atoms with van der Waals surface area (Å²) in [6.07, 6.45) is 2.11. The maximum absolute atomic E-state index is 2.21. The molecule has 0 aliphatic heterocycles. The van der Waals surface area contributed by atoms with Crippen molar-refractivity contribution in [3.8, 4) is 0 Å². The number of nitrogens with zero attached hydrogens (tertiary/aromatic N) is 1. The highest BCUT2D eigenvalue weighted by molar-refractivity contribution is 4.92. The van der Waals surface area contributed by atoms with Gasteiger partial charge >= 0.3 is 0 Å². The van der Waals surface area contributed by atoms with E-state index in [1.165, 1.54) is 5.70 Å². The highest BCUT2D eigenvalue weighted by Crippen LogP contribution is 1.96. The van der Waals surface area contributed by atoms with Gasteiger partial charge in [-0.3, -0.25) is 0 Å². The molecule has 1 heteroatoms. The molecule has 0 fully saturated rings. The Bertz CT molecular complexity index is 84.7. The van der Waals surface area contributed by atoms with Crippen LogP contribution in [-0.2, 0) is 0 Å². The van der Waals surface area contributed by atoms with Crippen molar-refractivity contribution in [2.24, 2.45) is 0 Å². The lowest BCUT2D eigenvalue weighted by atomic mass is 10.4. The monoisotopic (exact) mass is 143 g/mol. The van der Waals surface area contributed by atoms with E-state index >= 15 is 0 Å². The van der Waals surface area contributed by atoms with Gasteiger partial charge in [0.05, 0.1) is 0 Å². The minimum atomic E-state index is 1.09. The number of hydrogen-bond acceptors (Lipinski definition) is 1. The zero-order valence-corrected chi connectivity index (χ0v) is 8.23. The maximum Gasteiger partial charge on any atom is 0.0143 e. The first kappa shape index (κ1) is 12.2. The molecule has 0 spiro atoms. The molecule has 0 heterocycles. The fraction of sp³-hybridized carbons (Fsp3) is 0.778.